The molecule has 9 heteroatoms. The maximum absolute atomic E-state index is 13.5. The molecule has 0 saturated heterocycles. The van der Waals surface area contributed by atoms with Crippen LogP contribution in [0.3, 0.4) is 0 Å². The van der Waals surface area contributed by atoms with Crippen molar-refractivity contribution in [3.05, 3.63) is 47.7 Å². The zero-order valence-corrected chi connectivity index (χ0v) is 23.7. The van der Waals surface area contributed by atoms with Gasteiger partial charge in [-0.05, 0) is 48.9 Å². The topological polar surface area (TPSA) is 71.6 Å². The summed E-state index contributed by atoms with van der Waals surface area (Å²) in [6.07, 6.45) is 8.49. The molecule has 3 N–H and O–H groups in total. The largest absolute Gasteiger partial charge is 0.493 e. The molecule has 0 unspecified atom stereocenters. The summed E-state index contributed by atoms with van der Waals surface area (Å²) < 4.78 is 31.6. The summed E-state index contributed by atoms with van der Waals surface area (Å²) >= 11 is 1.05. The second-order valence-electron chi connectivity index (χ2n) is 7.02. The van der Waals surface area contributed by atoms with Gasteiger partial charge in [0.25, 0.3) is 0 Å². The number of nitrogens with zero attached hydrogens (tertiary/aromatic N) is 2. The molecule has 31 heavy (non-hydrogen) atoms. The van der Waals surface area contributed by atoms with Gasteiger partial charge in [0.05, 0.1) is 12.8 Å². The van der Waals surface area contributed by atoms with E-state index >= 15 is 0 Å². The number of ether oxygens (including phenoxy) is 1. The van der Waals surface area contributed by atoms with Gasteiger partial charge in [-0.2, -0.15) is 4.39 Å². The maximum atomic E-state index is 13.5. The number of rotatable bonds is 4. The van der Waals surface area contributed by atoms with Crippen LogP contribution in [0.2, 0.25) is 0 Å². The van der Waals surface area contributed by atoms with Crippen LogP contribution in [-0.4, -0.2) is 24.3 Å². The van der Waals surface area contributed by atoms with E-state index in [1.807, 2.05) is 0 Å². The molecule has 1 aliphatic carbocycles. The Hall–Kier alpha value is -0.848. The van der Waals surface area contributed by atoms with E-state index < -0.39 is 11.6 Å². The number of halogens is 2. The molecule has 1 aromatic heterocycles. The van der Waals surface area contributed by atoms with E-state index in [1.54, 1.807) is 31.4 Å². The fraction of sp³-hybridized carbons (Fsp3) is 0.500. The molecule has 1 aliphatic rings. The standard InChI is InChI=1S/C13H16F2O.C6H9N3OS.C3H8.U/c1-16-13-10(7-8-11(14)12(13)15)9-5-3-2-4-6-9;1-9(10)5-2-3-8-6(4-5)11-7;1-3-2;/h7-9H,2-6H2,1H3;2-4,10H,7H2,1H3;3H2,1-2H3;. The zero-order chi connectivity index (χ0) is 22.5. The number of anilines is 1. The van der Waals surface area contributed by atoms with Crippen molar-refractivity contribution in [2.24, 2.45) is 5.14 Å². The number of hydrogen-bond acceptors (Lipinski definition) is 6. The average Bonchev–Trinajstić information content (AvgIpc) is 2.77. The van der Waals surface area contributed by atoms with E-state index in [-0.39, 0.29) is 36.9 Å². The first kappa shape index (κ1) is 30.2. The molecule has 1 fully saturated rings. The van der Waals surface area contributed by atoms with Gasteiger partial charge in [-0.15, -0.1) is 0 Å². The fourth-order valence-corrected chi connectivity index (χ4v) is 3.46. The fourth-order valence-electron chi connectivity index (χ4n) is 3.15. The van der Waals surface area contributed by atoms with Crippen LogP contribution in [0.1, 0.15) is 63.9 Å². The second-order valence-corrected chi connectivity index (χ2v) is 7.67. The number of pyridine rings is 1. The molecular formula is C22H33F2N3O2SU. The summed E-state index contributed by atoms with van der Waals surface area (Å²) in [6.45, 7) is 4.25. The molecule has 1 saturated carbocycles. The third-order valence-corrected chi connectivity index (χ3v) is 5.01. The number of nitrogens with two attached hydrogens (primary N) is 1. The predicted octanol–water partition coefficient (Wildman–Crippen LogP) is 6.31. The predicted molar refractivity (Wildman–Crippen MR) is 119 cm³/mol. The van der Waals surface area contributed by atoms with Gasteiger partial charge >= 0.3 is 0 Å². The van der Waals surface area contributed by atoms with Crippen molar-refractivity contribution in [3.63, 3.8) is 0 Å². The first-order valence-corrected chi connectivity index (χ1v) is 11.0. The van der Waals surface area contributed by atoms with Crippen molar-refractivity contribution < 1.29 is 49.8 Å². The Balaban J connectivity index is 0.000000526. The quantitative estimate of drug-likeness (QED) is 0.292. The van der Waals surface area contributed by atoms with E-state index in [9.17, 15) is 8.78 Å². The molecule has 5 nitrogen and oxygen atoms in total. The normalized spacial score (nSPS) is 13.0. The Bertz CT molecular complexity index is 764. The number of aromatic nitrogens is 1. The third kappa shape index (κ3) is 10.1. The smallest absolute Gasteiger partial charge is 0.200 e. The van der Waals surface area contributed by atoms with Crippen molar-refractivity contribution in [1.29, 1.82) is 0 Å². The van der Waals surface area contributed by atoms with Crippen LogP contribution in [0, 0.1) is 42.7 Å². The Labute approximate surface area is 212 Å². The Morgan fingerprint density at radius 2 is 1.81 bits per heavy atom. The van der Waals surface area contributed by atoms with Gasteiger partial charge in [0.2, 0.25) is 5.82 Å². The van der Waals surface area contributed by atoms with Gasteiger partial charge in [0.15, 0.2) is 11.6 Å². The molecule has 1 aromatic carbocycles. The van der Waals surface area contributed by atoms with Crippen LogP contribution in [-0.2, 0) is 0 Å². The molecule has 2 aromatic rings. The zero-order valence-electron chi connectivity index (χ0n) is 18.7. The van der Waals surface area contributed by atoms with E-state index in [2.05, 4.69) is 18.8 Å². The van der Waals surface area contributed by atoms with Gasteiger partial charge in [0, 0.05) is 49.9 Å². The van der Waals surface area contributed by atoms with Gasteiger partial charge in [-0.1, -0.05) is 45.6 Å². The third-order valence-electron chi connectivity index (χ3n) is 4.54. The summed E-state index contributed by atoms with van der Waals surface area (Å²) in [7, 11) is 2.93. The summed E-state index contributed by atoms with van der Waals surface area (Å²) in [5.74, 6) is -1.28. The molecule has 1 heterocycles. The van der Waals surface area contributed by atoms with E-state index in [1.165, 1.54) is 26.0 Å². The summed E-state index contributed by atoms with van der Waals surface area (Å²) in [5, 5.41) is 16.0. The van der Waals surface area contributed by atoms with Gasteiger partial charge < -0.3 is 4.74 Å². The summed E-state index contributed by atoms with van der Waals surface area (Å²) in [6, 6.07) is 6.25. The van der Waals surface area contributed by atoms with Crippen molar-refractivity contribution in [2.75, 3.05) is 19.2 Å². The van der Waals surface area contributed by atoms with E-state index in [0.717, 1.165) is 48.3 Å². The summed E-state index contributed by atoms with van der Waals surface area (Å²) in [5.41, 5.74) is 1.49. The first-order chi connectivity index (χ1) is 14.4. The van der Waals surface area contributed by atoms with Crippen molar-refractivity contribution in [2.45, 2.75) is 63.3 Å². The Kier molecular flexibility index (Phi) is 16.3. The number of hydrogen-bond donors (Lipinski definition) is 2. The molecule has 0 amide bonds. The minimum atomic E-state index is -0.856. The number of hydroxylamine groups is 1. The molecule has 172 valence electrons. The SMILES string of the molecule is CCC.CN(O)c1ccnc(SN)c1.COc1c(C2CCCCC2)ccc(F)c1F.[U]. The number of methoxy groups -OCH3 is 1. The molecule has 0 spiro atoms. The van der Waals surface area contributed by atoms with Gasteiger partial charge in [-0.3, -0.25) is 15.4 Å². The minimum absolute atomic E-state index is 0. The van der Waals surface area contributed by atoms with Gasteiger partial charge in [-0.25, -0.2) is 9.37 Å². The molecule has 3 rings (SSSR count). The van der Waals surface area contributed by atoms with Crippen LogP contribution in [0.15, 0.2) is 35.5 Å². The van der Waals surface area contributed by atoms with Crippen LogP contribution < -0.4 is 14.9 Å². The van der Waals surface area contributed by atoms with Crippen LogP contribution in [0.4, 0.5) is 14.5 Å². The number of benzene rings is 1. The molecule has 0 aliphatic heterocycles. The van der Waals surface area contributed by atoms with Crippen molar-refractivity contribution in [1.82, 2.24) is 4.98 Å². The van der Waals surface area contributed by atoms with E-state index in [4.69, 9.17) is 15.1 Å². The minimum Gasteiger partial charge on any atom is -0.493 e. The second kappa shape index (κ2) is 16.7. The van der Waals surface area contributed by atoms with Crippen LogP contribution >= 0.6 is 11.9 Å². The van der Waals surface area contributed by atoms with E-state index in [0.29, 0.717) is 16.6 Å². The van der Waals surface area contributed by atoms with Crippen LogP contribution in [0.25, 0.3) is 0 Å². The summed E-state index contributed by atoms with van der Waals surface area (Å²) in [4.78, 5) is 3.94. The van der Waals surface area contributed by atoms with Crippen molar-refractivity contribution in [3.8, 4) is 5.75 Å². The molecule has 0 bridgehead atoms. The molecular weight excluding hydrogens is 646 g/mol. The monoisotopic (exact) mass is 679 g/mol. The maximum Gasteiger partial charge on any atom is 0.200 e. The average molecular weight is 680 g/mol. The molecule has 0 radical (unpaired) electrons. The van der Waals surface area contributed by atoms with Crippen LogP contribution in [0.5, 0.6) is 5.75 Å². The van der Waals surface area contributed by atoms with Gasteiger partial charge in [0.1, 0.15) is 5.03 Å². The van der Waals surface area contributed by atoms with Crippen molar-refractivity contribution >= 4 is 17.6 Å². The molecule has 0 atom stereocenters. The first-order valence-electron chi connectivity index (χ1n) is 10.2. The Morgan fingerprint density at radius 3 is 2.32 bits per heavy atom. The Morgan fingerprint density at radius 1 is 1.19 bits per heavy atom.